The molecule has 1 fully saturated rings. The van der Waals surface area contributed by atoms with E-state index in [9.17, 15) is 4.79 Å². The van der Waals surface area contributed by atoms with Crippen LogP contribution in [0.3, 0.4) is 0 Å². The highest BCUT2D eigenvalue weighted by molar-refractivity contribution is 5.68. The molecule has 1 heterocycles. The predicted octanol–water partition coefficient (Wildman–Crippen LogP) is 3.25. The Morgan fingerprint density at radius 2 is 2.00 bits per heavy atom. The molecule has 0 atom stereocenters. The first-order chi connectivity index (χ1) is 10.9. The summed E-state index contributed by atoms with van der Waals surface area (Å²) >= 11 is 0. The molecule has 0 radical (unpaired) electrons. The third kappa shape index (κ3) is 6.04. The van der Waals surface area contributed by atoms with Crippen LogP contribution in [0.4, 0.5) is 4.79 Å². The first-order valence-corrected chi connectivity index (χ1v) is 8.34. The average molecular weight is 321 g/mol. The molecule has 2 rings (SSSR count). The lowest BCUT2D eigenvalue weighted by molar-refractivity contribution is 0.0467. The molecule has 1 aromatic heterocycles. The second-order valence-electron chi connectivity index (χ2n) is 6.92. The standard InChI is InChI=1S/C17H27N3O3/c1-5-12-10-11-18-15(19-12)22-14-8-6-13(7-9-14)20-16(21)23-17(2,3)4/h10-11,13-14H,5-9H2,1-4H3,(H,20,21). The van der Waals surface area contributed by atoms with Gasteiger partial charge < -0.3 is 14.8 Å². The Hall–Kier alpha value is -1.85. The number of aryl methyl sites for hydroxylation is 1. The summed E-state index contributed by atoms with van der Waals surface area (Å²) in [7, 11) is 0. The van der Waals surface area contributed by atoms with Crippen molar-refractivity contribution >= 4 is 6.09 Å². The van der Waals surface area contributed by atoms with Gasteiger partial charge in [-0.15, -0.1) is 0 Å². The maximum atomic E-state index is 11.8. The number of ether oxygens (including phenoxy) is 2. The Kier molecular flexibility index (Phi) is 5.80. The number of rotatable bonds is 4. The average Bonchev–Trinajstić information content (AvgIpc) is 2.47. The van der Waals surface area contributed by atoms with E-state index in [-0.39, 0.29) is 18.2 Å². The quantitative estimate of drug-likeness (QED) is 0.921. The van der Waals surface area contributed by atoms with Gasteiger partial charge in [-0.25, -0.2) is 14.8 Å². The van der Waals surface area contributed by atoms with Crippen LogP contribution in [-0.4, -0.2) is 33.8 Å². The van der Waals surface area contributed by atoms with Crippen molar-refractivity contribution < 1.29 is 14.3 Å². The minimum Gasteiger partial charge on any atom is -0.460 e. The summed E-state index contributed by atoms with van der Waals surface area (Å²) in [5.74, 6) is 0. The van der Waals surface area contributed by atoms with Crippen molar-refractivity contribution in [3.63, 3.8) is 0 Å². The highest BCUT2D eigenvalue weighted by atomic mass is 16.6. The topological polar surface area (TPSA) is 73.3 Å². The number of aromatic nitrogens is 2. The van der Waals surface area contributed by atoms with Gasteiger partial charge in [0, 0.05) is 17.9 Å². The summed E-state index contributed by atoms with van der Waals surface area (Å²) in [6.45, 7) is 7.64. The van der Waals surface area contributed by atoms with Gasteiger partial charge in [0.15, 0.2) is 0 Å². The fraction of sp³-hybridized carbons (Fsp3) is 0.706. The number of nitrogens with zero attached hydrogens (tertiary/aromatic N) is 2. The van der Waals surface area contributed by atoms with E-state index in [1.165, 1.54) is 0 Å². The molecule has 0 aliphatic heterocycles. The van der Waals surface area contributed by atoms with E-state index in [1.807, 2.05) is 26.8 Å². The lowest BCUT2D eigenvalue weighted by atomic mass is 9.93. The molecular weight excluding hydrogens is 294 g/mol. The number of amides is 1. The molecule has 128 valence electrons. The van der Waals surface area contributed by atoms with E-state index in [4.69, 9.17) is 9.47 Å². The molecule has 1 saturated carbocycles. The van der Waals surface area contributed by atoms with Crippen molar-refractivity contribution in [1.82, 2.24) is 15.3 Å². The highest BCUT2D eigenvalue weighted by Crippen LogP contribution is 2.22. The van der Waals surface area contributed by atoms with Gasteiger partial charge in [0.25, 0.3) is 0 Å². The molecule has 1 N–H and O–H groups in total. The molecule has 1 amide bonds. The minimum absolute atomic E-state index is 0.110. The maximum Gasteiger partial charge on any atom is 0.407 e. The number of alkyl carbamates (subject to hydrolysis) is 1. The number of nitrogens with one attached hydrogen (secondary N) is 1. The Morgan fingerprint density at radius 3 is 2.61 bits per heavy atom. The highest BCUT2D eigenvalue weighted by Gasteiger charge is 2.26. The van der Waals surface area contributed by atoms with Crippen LogP contribution in [0, 0.1) is 0 Å². The largest absolute Gasteiger partial charge is 0.460 e. The summed E-state index contributed by atoms with van der Waals surface area (Å²) in [5.41, 5.74) is 0.515. The van der Waals surface area contributed by atoms with Crippen LogP contribution >= 0.6 is 0 Å². The van der Waals surface area contributed by atoms with Gasteiger partial charge in [0.2, 0.25) is 0 Å². The van der Waals surface area contributed by atoms with Crippen molar-refractivity contribution in [2.24, 2.45) is 0 Å². The van der Waals surface area contributed by atoms with Crippen LogP contribution < -0.4 is 10.1 Å². The summed E-state index contributed by atoms with van der Waals surface area (Å²) in [4.78, 5) is 20.3. The van der Waals surface area contributed by atoms with E-state index in [0.29, 0.717) is 6.01 Å². The van der Waals surface area contributed by atoms with Gasteiger partial charge in [0.1, 0.15) is 11.7 Å². The first-order valence-electron chi connectivity index (χ1n) is 8.34. The third-order valence-electron chi connectivity index (χ3n) is 3.72. The van der Waals surface area contributed by atoms with E-state index < -0.39 is 5.60 Å². The Labute approximate surface area is 138 Å². The smallest absolute Gasteiger partial charge is 0.407 e. The number of carbonyl (C=O) groups is 1. The van der Waals surface area contributed by atoms with Crippen LogP contribution in [0.1, 0.15) is 59.1 Å². The molecule has 6 nitrogen and oxygen atoms in total. The van der Waals surface area contributed by atoms with E-state index in [2.05, 4.69) is 22.2 Å². The molecule has 6 heteroatoms. The zero-order valence-electron chi connectivity index (χ0n) is 14.5. The molecule has 0 unspecified atom stereocenters. The molecule has 0 aromatic carbocycles. The van der Waals surface area contributed by atoms with Crippen LogP contribution in [0.5, 0.6) is 6.01 Å². The van der Waals surface area contributed by atoms with Gasteiger partial charge in [0.05, 0.1) is 0 Å². The molecule has 1 aliphatic carbocycles. The summed E-state index contributed by atoms with van der Waals surface area (Å²) in [5, 5.41) is 2.93. The van der Waals surface area contributed by atoms with Crippen LogP contribution in [-0.2, 0) is 11.2 Å². The Morgan fingerprint density at radius 1 is 1.30 bits per heavy atom. The Balaban J connectivity index is 1.76. The van der Waals surface area contributed by atoms with Crippen molar-refractivity contribution in [3.05, 3.63) is 18.0 Å². The maximum absolute atomic E-state index is 11.8. The van der Waals surface area contributed by atoms with Crippen molar-refractivity contribution in [2.45, 2.75) is 77.5 Å². The summed E-state index contributed by atoms with van der Waals surface area (Å²) in [6.07, 6.45) is 5.86. The number of carbonyl (C=O) groups excluding carboxylic acids is 1. The number of hydrogen-bond acceptors (Lipinski definition) is 5. The van der Waals surface area contributed by atoms with Gasteiger partial charge in [-0.1, -0.05) is 6.92 Å². The molecular formula is C17H27N3O3. The molecule has 1 aliphatic rings. The third-order valence-corrected chi connectivity index (χ3v) is 3.72. The summed E-state index contributed by atoms with van der Waals surface area (Å²) in [6, 6.07) is 2.50. The molecule has 0 bridgehead atoms. The normalized spacial score (nSPS) is 21.6. The van der Waals surface area contributed by atoms with Crippen LogP contribution in [0.25, 0.3) is 0 Å². The minimum atomic E-state index is -0.466. The summed E-state index contributed by atoms with van der Waals surface area (Å²) < 4.78 is 11.2. The number of hydrogen-bond donors (Lipinski definition) is 1. The van der Waals surface area contributed by atoms with Gasteiger partial charge in [-0.3, -0.25) is 0 Å². The van der Waals surface area contributed by atoms with Gasteiger partial charge in [-0.2, -0.15) is 0 Å². The molecule has 0 spiro atoms. The second kappa shape index (κ2) is 7.62. The van der Waals surface area contributed by atoms with Crippen LogP contribution in [0.15, 0.2) is 12.3 Å². The van der Waals surface area contributed by atoms with Gasteiger partial charge >= 0.3 is 12.1 Å². The van der Waals surface area contributed by atoms with E-state index in [1.54, 1.807) is 6.20 Å². The van der Waals surface area contributed by atoms with E-state index >= 15 is 0 Å². The molecule has 1 aromatic rings. The molecule has 0 saturated heterocycles. The van der Waals surface area contributed by atoms with Gasteiger partial charge in [-0.05, 0) is 58.9 Å². The second-order valence-corrected chi connectivity index (χ2v) is 6.92. The Bertz CT molecular complexity index is 520. The van der Waals surface area contributed by atoms with Crippen molar-refractivity contribution in [1.29, 1.82) is 0 Å². The van der Waals surface area contributed by atoms with Crippen molar-refractivity contribution in [3.8, 4) is 6.01 Å². The SMILES string of the molecule is CCc1ccnc(OC2CCC(NC(=O)OC(C)(C)C)CC2)n1. The fourth-order valence-corrected chi connectivity index (χ4v) is 2.58. The zero-order chi connectivity index (χ0) is 16.9. The molecule has 23 heavy (non-hydrogen) atoms. The lowest BCUT2D eigenvalue weighted by Crippen LogP contribution is -2.42. The lowest BCUT2D eigenvalue weighted by Gasteiger charge is -2.29. The van der Waals surface area contributed by atoms with Crippen molar-refractivity contribution in [2.75, 3.05) is 0 Å². The fourth-order valence-electron chi connectivity index (χ4n) is 2.58. The van der Waals surface area contributed by atoms with E-state index in [0.717, 1.165) is 37.8 Å². The predicted molar refractivity (Wildman–Crippen MR) is 87.5 cm³/mol. The monoisotopic (exact) mass is 321 g/mol. The van der Waals surface area contributed by atoms with Crippen LogP contribution in [0.2, 0.25) is 0 Å². The zero-order valence-corrected chi connectivity index (χ0v) is 14.5. The first kappa shape index (κ1) is 17.5.